The summed E-state index contributed by atoms with van der Waals surface area (Å²) in [6.45, 7) is 2.14. The highest BCUT2D eigenvalue weighted by atomic mass is 16.6. The van der Waals surface area contributed by atoms with E-state index in [0.717, 1.165) is 18.4 Å². The summed E-state index contributed by atoms with van der Waals surface area (Å²) in [5.74, 6) is 0.337. The molecule has 0 bridgehead atoms. The van der Waals surface area contributed by atoms with Crippen LogP contribution in [0.4, 0.5) is 5.69 Å². The lowest BCUT2D eigenvalue weighted by atomic mass is 10.2. The van der Waals surface area contributed by atoms with Gasteiger partial charge in [-0.2, -0.15) is 0 Å². The van der Waals surface area contributed by atoms with Crippen molar-refractivity contribution in [3.05, 3.63) is 33.9 Å². The number of rotatable bonds is 4. The second kappa shape index (κ2) is 3.75. The topological polar surface area (TPSA) is 78.4 Å². The highest BCUT2D eigenvalue weighted by molar-refractivity contribution is 5.51. The number of ether oxygens (including phenoxy) is 1. The maximum absolute atomic E-state index is 10.8. The SMILES string of the molecule is Cc1cccc([N+](=O)[O-])c1OCC1(N)CC1. The van der Waals surface area contributed by atoms with Gasteiger partial charge >= 0.3 is 5.69 Å². The third-order valence-corrected chi connectivity index (χ3v) is 2.78. The summed E-state index contributed by atoms with van der Waals surface area (Å²) >= 11 is 0. The number of hydrogen-bond acceptors (Lipinski definition) is 4. The van der Waals surface area contributed by atoms with Crippen LogP contribution >= 0.6 is 0 Å². The minimum absolute atomic E-state index is 0.00394. The van der Waals surface area contributed by atoms with E-state index in [9.17, 15) is 10.1 Å². The number of para-hydroxylation sites is 1. The summed E-state index contributed by atoms with van der Waals surface area (Å²) in [6.07, 6.45) is 1.85. The Labute approximate surface area is 93.4 Å². The Hall–Kier alpha value is -1.62. The van der Waals surface area contributed by atoms with Crippen molar-refractivity contribution >= 4 is 5.69 Å². The van der Waals surface area contributed by atoms with E-state index < -0.39 is 4.92 Å². The average Bonchev–Trinajstić information content (AvgIpc) is 2.95. The van der Waals surface area contributed by atoms with Gasteiger partial charge in [-0.05, 0) is 25.3 Å². The van der Waals surface area contributed by atoms with E-state index in [-0.39, 0.29) is 11.2 Å². The van der Waals surface area contributed by atoms with Crippen molar-refractivity contribution in [2.75, 3.05) is 6.61 Å². The predicted octanol–water partition coefficient (Wildman–Crippen LogP) is 1.77. The lowest BCUT2D eigenvalue weighted by Gasteiger charge is -2.12. The first-order chi connectivity index (χ1) is 7.52. The maximum Gasteiger partial charge on any atom is 0.311 e. The first-order valence-corrected chi connectivity index (χ1v) is 5.17. The maximum atomic E-state index is 10.8. The number of nitrogens with two attached hydrogens (primary N) is 1. The molecule has 2 rings (SSSR count). The predicted molar refractivity (Wildman–Crippen MR) is 59.5 cm³/mol. The largest absolute Gasteiger partial charge is 0.485 e. The van der Waals surface area contributed by atoms with Gasteiger partial charge in [-0.15, -0.1) is 0 Å². The highest BCUT2D eigenvalue weighted by Crippen LogP contribution is 2.36. The van der Waals surface area contributed by atoms with Crippen molar-refractivity contribution in [3.8, 4) is 5.75 Å². The monoisotopic (exact) mass is 222 g/mol. The van der Waals surface area contributed by atoms with Crippen LogP contribution in [0.15, 0.2) is 18.2 Å². The molecule has 0 atom stereocenters. The summed E-state index contributed by atoms with van der Waals surface area (Å²) < 4.78 is 5.49. The van der Waals surface area contributed by atoms with E-state index in [0.29, 0.717) is 12.4 Å². The standard InChI is InChI=1S/C11H14N2O3/c1-8-3-2-4-9(13(14)15)10(8)16-7-11(12)5-6-11/h2-4H,5-7,12H2,1H3. The fraction of sp³-hybridized carbons (Fsp3) is 0.455. The van der Waals surface area contributed by atoms with Gasteiger partial charge in [0.1, 0.15) is 6.61 Å². The minimum Gasteiger partial charge on any atom is -0.485 e. The zero-order valence-corrected chi connectivity index (χ0v) is 9.10. The second-order valence-corrected chi connectivity index (χ2v) is 4.33. The van der Waals surface area contributed by atoms with Gasteiger partial charge in [0.2, 0.25) is 0 Å². The molecule has 0 saturated heterocycles. The van der Waals surface area contributed by atoms with Crippen LogP contribution in [0, 0.1) is 17.0 Å². The fourth-order valence-corrected chi connectivity index (χ4v) is 1.49. The molecule has 5 heteroatoms. The molecule has 1 aromatic rings. The molecule has 86 valence electrons. The summed E-state index contributed by atoms with van der Waals surface area (Å²) in [4.78, 5) is 10.4. The molecule has 5 nitrogen and oxygen atoms in total. The van der Waals surface area contributed by atoms with Crippen molar-refractivity contribution in [3.63, 3.8) is 0 Å². The van der Waals surface area contributed by atoms with Crippen molar-refractivity contribution in [1.82, 2.24) is 0 Å². The Morgan fingerprint density at radius 3 is 2.81 bits per heavy atom. The molecule has 0 spiro atoms. The molecule has 0 aliphatic heterocycles. The first-order valence-electron chi connectivity index (χ1n) is 5.17. The highest BCUT2D eigenvalue weighted by Gasteiger charge is 2.39. The number of aryl methyl sites for hydroxylation is 1. The van der Waals surface area contributed by atoms with Crippen LogP contribution in [0.25, 0.3) is 0 Å². The molecule has 0 heterocycles. The zero-order chi connectivity index (χ0) is 11.8. The second-order valence-electron chi connectivity index (χ2n) is 4.33. The summed E-state index contributed by atoms with van der Waals surface area (Å²) in [5.41, 5.74) is 6.37. The molecule has 0 amide bonds. The Morgan fingerprint density at radius 1 is 1.56 bits per heavy atom. The normalized spacial score (nSPS) is 16.9. The lowest BCUT2D eigenvalue weighted by Crippen LogP contribution is -2.30. The van der Waals surface area contributed by atoms with Gasteiger partial charge in [0.05, 0.1) is 10.5 Å². The summed E-state index contributed by atoms with van der Waals surface area (Å²) in [7, 11) is 0. The third-order valence-electron chi connectivity index (χ3n) is 2.78. The Morgan fingerprint density at radius 2 is 2.25 bits per heavy atom. The molecule has 16 heavy (non-hydrogen) atoms. The van der Waals surface area contributed by atoms with Crippen molar-refractivity contribution in [2.24, 2.45) is 5.73 Å². The van der Waals surface area contributed by atoms with E-state index in [4.69, 9.17) is 10.5 Å². The lowest BCUT2D eigenvalue weighted by molar-refractivity contribution is -0.385. The number of nitro groups is 1. The van der Waals surface area contributed by atoms with Crippen LogP contribution in [-0.2, 0) is 0 Å². The minimum atomic E-state index is -0.432. The van der Waals surface area contributed by atoms with Gasteiger partial charge < -0.3 is 10.5 Å². The average molecular weight is 222 g/mol. The van der Waals surface area contributed by atoms with Gasteiger partial charge in [0, 0.05) is 6.07 Å². The van der Waals surface area contributed by atoms with Crippen LogP contribution in [0.2, 0.25) is 0 Å². The van der Waals surface area contributed by atoms with Crippen molar-refractivity contribution in [2.45, 2.75) is 25.3 Å². The zero-order valence-electron chi connectivity index (χ0n) is 9.10. The van der Waals surface area contributed by atoms with Crippen LogP contribution in [0.5, 0.6) is 5.75 Å². The molecule has 1 aliphatic rings. The molecule has 0 unspecified atom stereocenters. The number of hydrogen-bond donors (Lipinski definition) is 1. The molecule has 1 fully saturated rings. The molecular weight excluding hydrogens is 208 g/mol. The summed E-state index contributed by atoms with van der Waals surface area (Å²) in [6, 6.07) is 4.88. The number of benzene rings is 1. The Kier molecular flexibility index (Phi) is 2.55. The summed E-state index contributed by atoms with van der Waals surface area (Å²) in [5, 5.41) is 10.8. The van der Waals surface area contributed by atoms with Crippen LogP contribution in [-0.4, -0.2) is 17.1 Å². The van der Waals surface area contributed by atoms with E-state index in [1.54, 1.807) is 19.1 Å². The molecule has 0 radical (unpaired) electrons. The van der Waals surface area contributed by atoms with E-state index >= 15 is 0 Å². The molecule has 0 aromatic heterocycles. The molecule has 1 saturated carbocycles. The van der Waals surface area contributed by atoms with E-state index in [1.165, 1.54) is 6.07 Å². The smallest absolute Gasteiger partial charge is 0.311 e. The van der Waals surface area contributed by atoms with Crippen molar-refractivity contribution in [1.29, 1.82) is 0 Å². The van der Waals surface area contributed by atoms with Crippen LogP contribution in [0.1, 0.15) is 18.4 Å². The molecule has 2 N–H and O–H groups in total. The van der Waals surface area contributed by atoms with Gasteiger partial charge in [-0.1, -0.05) is 12.1 Å². The van der Waals surface area contributed by atoms with Gasteiger partial charge in [-0.25, -0.2) is 0 Å². The van der Waals surface area contributed by atoms with E-state index in [2.05, 4.69) is 0 Å². The van der Waals surface area contributed by atoms with Crippen LogP contribution < -0.4 is 10.5 Å². The molecule has 1 aliphatic carbocycles. The third kappa shape index (κ3) is 2.14. The fourth-order valence-electron chi connectivity index (χ4n) is 1.49. The van der Waals surface area contributed by atoms with Gasteiger partial charge in [-0.3, -0.25) is 10.1 Å². The van der Waals surface area contributed by atoms with E-state index in [1.807, 2.05) is 0 Å². The van der Waals surface area contributed by atoms with Crippen molar-refractivity contribution < 1.29 is 9.66 Å². The number of nitro benzene ring substituents is 1. The first kappa shape index (κ1) is 10.9. The van der Waals surface area contributed by atoms with Crippen LogP contribution in [0.3, 0.4) is 0 Å². The van der Waals surface area contributed by atoms with Gasteiger partial charge in [0.15, 0.2) is 5.75 Å². The quantitative estimate of drug-likeness (QED) is 0.622. The Bertz CT molecular complexity index is 427. The Balaban J connectivity index is 2.20. The molecule has 1 aromatic carbocycles. The van der Waals surface area contributed by atoms with Gasteiger partial charge in [0.25, 0.3) is 0 Å². The number of nitrogens with zero attached hydrogens (tertiary/aromatic N) is 1. The molecular formula is C11H14N2O3.